The predicted molar refractivity (Wildman–Crippen MR) is 70.5 cm³/mol. The molecular formula is C13H15NO6. The van der Waals surface area contributed by atoms with Crippen molar-refractivity contribution in [2.45, 2.75) is 13.3 Å². The van der Waals surface area contributed by atoms with Crippen molar-refractivity contribution in [1.82, 2.24) is 0 Å². The zero-order chi connectivity index (χ0) is 15.3. The summed E-state index contributed by atoms with van der Waals surface area (Å²) in [7, 11) is 0. The smallest absolute Gasteiger partial charge is 0.335 e. The molecule has 0 aromatic heterocycles. The minimum Gasteiger partial charge on any atom is -0.481 e. The lowest BCUT2D eigenvalue weighted by Crippen LogP contribution is -2.26. The van der Waals surface area contributed by atoms with E-state index in [0.29, 0.717) is 12.2 Å². The van der Waals surface area contributed by atoms with Crippen molar-refractivity contribution in [2.24, 2.45) is 0 Å². The van der Waals surface area contributed by atoms with Crippen LogP contribution in [0.5, 0.6) is 0 Å². The number of hydrogen-bond donors (Lipinski definition) is 3. The van der Waals surface area contributed by atoms with Crippen LogP contribution < -0.4 is 4.90 Å². The lowest BCUT2D eigenvalue weighted by Gasteiger charge is -2.23. The molecule has 7 heteroatoms. The molecule has 1 aromatic rings. The number of hydrogen-bond acceptors (Lipinski definition) is 4. The van der Waals surface area contributed by atoms with E-state index >= 15 is 0 Å². The molecule has 0 heterocycles. The molecule has 0 unspecified atom stereocenters. The Hall–Kier alpha value is -2.57. The van der Waals surface area contributed by atoms with Gasteiger partial charge in [-0.15, -0.1) is 0 Å². The molecule has 0 aliphatic carbocycles. The maximum atomic E-state index is 11.0. The highest BCUT2D eigenvalue weighted by Gasteiger charge is 2.15. The largest absolute Gasteiger partial charge is 0.481 e. The van der Waals surface area contributed by atoms with E-state index < -0.39 is 17.9 Å². The highest BCUT2D eigenvalue weighted by Crippen LogP contribution is 2.20. The van der Waals surface area contributed by atoms with E-state index in [0.717, 1.165) is 6.07 Å². The SMILES string of the molecule is CCN(CCC(=O)O)c1cc(C(=O)O)cc(C(=O)O)c1. The van der Waals surface area contributed by atoms with E-state index in [-0.39, 0.29) is 24.1 Å². The molecule has 108 valence electrons. The summed E-state index contributed by atoms with van der Waals surface area (Å²) in [5.74, 6) is -3.44. The average molecular weight is 281 g/mol. The topological polar surface area (TPSA) is 115 Å². The van der Waals surface area contributed by atoms with Crippen LogP contribution in [-0.2, 0) is 4.79 Å². The van der Waals surface area contributed by atoms with Crippen LogP contribution in [0, 0.1) is 0 Å². The van der Waals surface area contributed by atoms with Crippen molar-refractivity contribution in [3.63, 3.8) is 0 Å². The summed E-state index contributed by atoms with van der Waals surface area (Å²) in [6.45, 7) is 2.39. The number of carboxylic acids is 3. The summed E-state index contributed by atoms with van der Waals surface area (Å²) in [6.07, 6.45) is -0.118. The van der Waals surface area contributed by atoms with Crippen molar-refractivity contribution >= 4 is 23.6 Å². The van der Waals surface area contributed by atoms with Crippen LogP contribution >= 0.6 is 0 Å². The van der Waals surface area contributed by atoms with Gasteiger partial charge in [-0.2, -0.15) is 0 Å². The molecule has 0 radical (unpaired) electrons. The fourth-order valence-corrected chi connectivity index (χ4v) is 1.74. The first-order valence-corrected chi connectivity index (χ1v) is 5.93. The summed E-state index contributed by atoms with van der Waals surface area (Å²) >= 11 is 0. The number of aliphatic carboxylic acids is 1. The molecule has 0 fully saturated rings. The van der Waals surface area contributed by atoms with E-state index in [1.807, 2.05) is 0 Å². The monoisotopic (exact) mass is 281 g/mol. The fourth-order valence-electron chi connectivity index (χ4n) is 1.74. The Morgan fingerprint density at radius 1 is 1.00 bits per heavy atom. The molecule has 7 nitrogen and oxygen atoms in total. The molecule has 0 atom stereocenters. The van der Waals surface area contributed by atoms with E-state index in [4.69, 9.17) is 15.3 Å². The van der Waals surface area contributed by atoms with Gasteiger partial charge in [-0.3, -0.25) is 4.79 Å². The Balaban J connectivity index is 3.16. The van der Waals surface area contributed by atoms with Crippen molar-refractivity contribution < 1.29 is 29.7 Å². The molecule has 0 amide bonds. The van der Waals surface area contributed by atoms with E-state index in [2.05, 4.69) is 0 Å². The molecule has 0 aliphatic heterocycles. The second-order valence-corrected chi connectivity index (χ2v) is 4.10. The standard InChI is InChI=1S/C13H15NO6/c1-2-14(4-3-11(15)16)10-6-8(12(17)18)5-9(7-10)13(19)20/h5-7H,2-4H2,1H3,(H,15,16)(H,17,18)(H,19,20). The molecule has 1 aromatic carbocycles. The Labute approximate surface area is 115 Å². The van der Waals surface area contributed by atoms with Gasteiger partial charge < -0.3 is 20.2 Å². The van der Waals surface area contributed by atoms with Crippen LogP contribution in [0.15, 0.2) is 18.2 Å². The van der Waals surface area contributed by atoms with Gasteiger partial charge in [0.15, 0.2) is 0 Å². The summed E-state index contributed by atoms with van der Waals surface area (Å²) in [4.78, 5) is 34.2. The lowest BCUT2D eigenvalue weighted by molar-refractivity contribution is -0.136. The van der Waals surface area contributed by atoms with Gasteiger partial charge in [0, 0.05) is 18.8 Å². The molecule has 0 saturated carbocycles. The quantitative estimate of drug-likeness (QED) is 0.691. The first-order valence-electron chi connectivity index (χ1n) is 5.93. The number of rotatable bonds is 7. The molecule has 0 saturated heterocycles. The van der Waals surface area contributed by atoms with Gasteiger partial charge in [0.2, 0.25) is 0 Å². The maximum absolute atomic E-state index is 11.0. The second kappa shape index (κ2) is 6.55. The third-order valence-electron chi connectivity index (χ3n) is 2.75. The van der Waals surface area contributed by atoms with E-state index in [9.17, 15) is 14.4 Å². The van der Waals surface area contributed by atoms with Crippen LogP contribution in [0.1, 0.15) is 34.1 Å². The van der Waals surface area contributed by atoms with Crippen LogP contribution in [0.4, 0.5) is 5.69 Å². The van der Waals surface area contributed by atoms with Gasteiger partial charge in [0.25, 0.3) is 0 Å². The Morgan fingerprint density at radius 2 is 1.50 bits per heavy atom. The van der Waals surface area contributed by atoms with Crippen LogP contribution in [0.2, 0.25) is 0 Å². The van der Waals surface area contributed by atoms with Gasteiger partial charge in [0.1, 0.15) is 0 Å². The van der Waals surface area contributed by atoms with Crippen molar-refractivity contribution in [3.05, 3.63) is 29.3 Å². The predicted octanol–water partition coefficient (Wildman–Crippen LogP) is 1.38. The lowest BCUT2D eigenvalue weighted by atomic mass is 10.1. The van der Waals surface area contributed by atoms with E-state index in [1.165, 1.54) is 12.1 Å². The van der Waals surface area contributed by atoms with Crippen LogP contribution in [-0.4, -0.2) is 46.3 Å². The van der Waals surface area contributed by atoms with Gasteiger partial charge in [-0.1, -0.05) is 0 Å². The van der Waals surface area contributed by atoms with Crippen LogP contribution in [0.25, 0.3) is 0 Å². The van der Waals surface area contributed by atoms with Crippen molar-refractivity contribution in [1.29, 1.82) is 0 Å². The summed E-state index contributed by atoms with van der Waals surface area (Å²) in [5.41, 5.74) is 0.0911. The molecule has 0 bridgehead atoms. The number of anilines is 1. The first-order chi connectivity index (χ1) is 9.35. The number of benzene rings is 1. The first kappa shape index (κ1) is 15.5. The minimum atomic E-state index is -1.23. The van der Waals surface area contributed by atoms with Crippen molar-refractivity contribution in [2.75, 3.05) is 18.0 Å². The zero-order valence-electron chi connectivity index (χ0n) is 10.9. The third-order valence-corrected chi connectivity index (χ3v) is 2.75. The molecule has 20 heavy (non-hydrogen) atoms. The molecule has 1 rings (SSSR count). The normalized spacial score (nSPS) is 10.1. The van der Waals surface area contributed by atoms with E-state index in [1.54, 1.807) is 11.8 Å². The van der Waals surface area contributed by atoms with Crippen LogP contribution in [0.3, 0.4) is 0 Å². The number of nitrogens with zero attached hydrogens (tertiary/aromatic N) is 1. The Kier molecular flexibility index (Phi) is 5.08. The Bertz CT molecular complexity index is 507. The summed E-state index contributed by atoms with van der Waals surface area (Å²) < 4.78 is 0. The number of carboxylic acid groups (broad SMARTS) is 3. The molecule has 3 N–H and O–H groups in total. The molecular weight excluding hydrogens is 266 g/mol. The molecule has 0 spiro atoms. The number of aromatic carboxylic acids is 2. The summed E-state index contributed by atoms with van der Waals surface area (Å²) in [6, 6.07) is 3.74. The van der Waals surface area contributed by atoms with Gasteiger partial charge in [-0.05, 0) is 25.1 Å². The van der Waals surface area contributed by atoms with Gasteiger partial charge in [-0.25, -0.2) is 9.59 Å². The molecule has 0 aliphatic rings. The van der Waals surface area contributed by atoms with Crippen molar-refractivity contribution in [3.8, 4) is 0 Å². The minimum absolute atomic E-state index is 0.118. The number of carbonyl (C=O) groups is 3. The average Bonchev–Trinajstić information content (AvgIpc) is 2.38. The second-order valence-electron chi connectivity index (χ2n) is 4.10. The highest BCUT2D eigenvalue weighted by atomic mass is 16.4. The van der Waals surface area contributed by atoms with Gasteiger partial charge in [0.05, 0.1) is 17.5 Å². The summed E-state index contributed by atoms with van der Waals surface area (Å²) in [5, 5.41) is 26.6. The fraction of sp³-hybridized carbons (Fsp3) is 0.308. The maximum Gasteiger partial charge on any atom is 0.335 e. The highest BCUT2D eigenvalue weighted by molar-refractivity contribution is 5.95. The Morgan fingerprint density at radius 3 is 1.85 bits per heavy atom. The third kappa shape index (κ3) is 3.98. The van der Waals surface area contributed by atoms with Gasteiger partial charge >= 0.3 is 17.9 Å². The zero-order valence-corrected chi connectivity index (χ0v) is 10.9.